The minimum atomic E-state index is -0.721. The van der Waals surface area contributed by atoms with Gasteiger partial charge >= 0.3 is 12.1 Å². The second-order valence-corrected chi connectivity index (χ2v) is 5.72. The lowest BCUT2D eigenvalue weighted by Crippen LogP contribution is -2.19. The highest BCUT2D eigenvalue weighted by Crippen LogP contribution is 2.28. The third-order valence-corrected chi connectivity index (χ3v) is 4.09. The number of anilines is 1. The van der Waals surface area contributed by atoms with Gasteiger partial charge in [-0.3, -0.25) is 0 Å². The Morgan fingerprint density at radius 1 is 1.25 bits per heavy atom. The van der Waals surface area contributed by atoms with Gasteiger partial charge in [0.2, 0.25) is 0 Å². The maximum absolute atomic E-state index is 12.0. The highest BCUT2D eigenvalue weighted by atomic mass is 35.5. The zero-order chi connectivity index (χ0) is 17.9. The molecule has 2 aromatic rings. The van der Waals surface area contributed by atoms with E-state index in [-0.39, 0.29) is 18.0 Å². The molecule has 0 aliphatic carbocycles. The normalized spacial score (nSPS) is 10.5. The van der Waals surface area contributed by atoms with Crippen LogP contribution in [0.3, 0.4) is 0 Å². The highest BCUT2D eigenvalue weighted by molar-refractivity contribution is 6.42. The first-order chi connectivity index (χ1) is 11.4. The highest BCUT2D eigenvalue weighted by Gasteiger charge is 2.25. The van der Waals surface area contributed by atoms with Gasteiger partial charge in [0.05, 0.1) is 29.4 Å². The molecule has 128 valence electrons. The lowest BCUT2D eigenvalue weighted by Gasteiger charge is -2.06. The molecule has 8 heteroatoms. The Morgan fingerprint density at radius 2 is 1.96 bits per heavy atom. The Kier molecular flexibility index (Phi) is 5.75. The number of nitrogens with zero attached hydrogens (tertiary/aromatic N) is 1. The van der Waals surface area contributed by atoms with Gasteiger partial charge in [-0.15, -0.1) is 0 Å². The maximum Gasteiger partial charge on any atom is 0.418 e. The van der Waals surface area contributed by atoms with E-state index < -0.39 is 12.1 Å². The van der Waals surface area contributed by atoms with E-state index in [4.69, 9.17) is 38.4 Å². The van der Waals surface area contributed by atoms with Gasteiger partial charge in [-0.2, -0.15) is 0 Å². The van der Waals surface area contributed by atoms with Crippen molar-refractivity contribution >= 4 is 41.0 Å². The number of esters is 1. The molecule has 0 fully saturated rings. The molecule has 0 aliphatic rings. The van der Waals surface area contributed by atoms with E-state index in [9.17, 15) is 9.59 Å². The number of carbonyl (C=O) groups excluding carboxylic acids is 2. The van der Waals surface area contributed by atoms with Crippen LogP contribution in [0.15, 0.2) is 24.4 Å². The standard InChI is InChI=1S/C16H16Cl2N2O4/c1-3-24-16(22)20-8-10(13(19)14(20)15(21)23-2)6-9-4-5-11(17)12(18)7-9/h4-5,7-8H,3,6,19H2,1-2H3. The van der Waals surface area contributed by atoms with Gasteiger partial charge in [0.1, 0.15) is 0 Å². The van der Waals surface area contributed by atoms with Crippen molar-refractivity contribution in [2.24, 2.45) is 0 Å². The second-order valence-electron chi connectivity index (χ2n) is 4.90. The topological polar surface area (TPSA) is 83.5 Å². The number of halogens is 2. The first-order valence-electron chi connectivity index (χ1n) is 7.08. The Balaban J connectivity index is 2.45. The van der Waals surface area contributed by atoms with Crippen molar-refractivity contribution in [3.63, 3.8) is 0 Å². The largest absolute Gasteiger partial charge is 0.464 e. The van der Waals surface area contributed by atoms with Crippen LogP contribution in [-0.4, -0.2) is 30.3 Å². The van der Waals surface area contributed by atoms with Gasteiger partial charge in [0.15, 0.2) is 5.69 Å². The van der Waals surface area contributed by atoms with E-state index in [1.807, 2.05) is 0 Å². The van der Waals surface area contributed by atoms with Gasteiger partial charge < -0.3 is 15.2 Å². The Morgan fingerprint density at radius 3 is 2.54 bits per heavy atom. The van der Waals surface area contributed by atoms with Crippen molar-refractivity contribution in [2.45, 2.75) is 13.3 Å². The third-order valence-electron chi connectivity index (χ3n) is 3.35. The summed E-state index contributed by atoms with van der Waals surface area (Å²) in [5.41, 5.74) is 7.53. The molecular formula is C16H16Cl2N2O4. The monoisotopic (exact) mass is 370 g/mol. The zero-order valence-electron chi connectivity index (χ0n) is 13.1. The summed E-state index contributed by atoms with van der Waals surface area (Å²) in [6, 6.07) is 5.15. The molecule has 2 rings (SSSR count). The molecule has 0 saturated carbocycles. The zero-order valence-corrected chi connectivity index (χ0v) is 14.6. The van der Waals surface area contributed by atoms with Crippen LogP contribution in [0.2, 0.25) is 10.0 Å². The van der Waals surface area contributed by atoms with Crippen LogP contribution in [0.1, 0.15) is 28.5 Å². The van der Waals surface area contributed by atoms with Gasteiger partial charge in [-0.05, 0) is 30.2 Å². The van der Waals surface area contributed by atoms with Crippen molar-refractivity contribution < 1.29 is 19.1 Å². The van der Waals surface area contributed by atoms with Crippen molar-refractivity contribution in [1.29, 1.82) is 0 Å². The molecular weight excluding hydrogens is 355 g/mol. The fourth-order valence-electron chi connectivity index (χ4n) is 2.22. The first kappa shape index (κ1) is 18.2. The summed E-state index contributed by atoms with van der Waals surface area (Å²) < 4.78 is 10.7. The van der Waals surface area contributed by atoms with E-state index in [0.717, 1.165) is 10.1 Å². The van der Waals surface area contributed by atoms with Crippen LogP contribution in [-0.2, 0) is 15.9 Å². The average Bonchev–Trinajstić information content (AvgIpc) is 2.87. The summed E-state index contributed by atoms with van der Waals surface area (Å²) in [4.78, 5) is 24.0. The van der Waals surface area contributed by atoms with Crippen LogP contribution < -0.4 is 5.73 Å². The van der Waals surface area contributed by atoms with Crippen LogP contribution in [0.4, 0.5) is 10.5 Å². The molecule has 0 bridgehead atoms. The Hall–Kier alpha value is -2.18. The van der Waals surface area contributed by atoms with E-state index in [1.165, 1.54) is 13.3 Å². The Labute approximate surface area is 149 Å². The minimum absolute atomic E-state index is 0.0639. The number of aromatic nitrogens is 1. The average molecular weight is 371 g/mol. The lowest BCUT2D eigenvalue weighted by molar-refractivity contribution is 0.0587. The predicted molar refractivity (Wildman–Crippen MR) is 91.9 cm³/mol. The van der Waals surface area contributed by atoms with Gasteiger partial charge in [0, 0.05) is 12.6 Å². The molecule has 1 heterocycles. The number of nitrogens with two attached hydrogens (primary N) is 1. The molecule has 1 aromatic heterocycles. The number of hydrogen-bond donors (Lipinski definition) is 1. The van der Waals surface area contributed by atoms with Crippen LogP contribution in [0.25, 0.3) is 0 Å². The molecule has 24 heavy (non-hydrogen) atoms. The number of benzene rings is 1. The van der Waals surface area contributed by atoms with Crippen LogP contribution in [0.5, 0.6) is 0 Å². The second kappa shape index (κ2) is 7.59. The molecule has 0 radical (unpaired) electrons. The molecule has 0 aliphatic heterocycles. The van der Waals surface area contributed by atoms with Crippen LogP contribution in [0, 0.1) is 0 Å². The van der Waals surface area contributed by atoms with Gasteiger partial charge in [-0.25, -0.2) is 14.2 Å². The molecule has 2 N–H and O–H groups in total. The van der Waals surface area contributed by atoms with E-state index >= 15 is 0 Å². The summed E-state index contributed by atoms with van der Waals surface area (Å²) in [5.74, 6) is -0.721. The van der Waals surface area contributed by atoms with Crippen molar-refractivity contribution in [3.05, 3.63) is 51.3 Å². The fourth-order valence-corrected chi connectivity index (χ4v) is 2.54. The van der Waals surface area contributed by atoms with Gasteiger partial charge in [-0.1, -0.05) is 29.3 Å². The summed E-state index contributed by atoms with van der Waals surface area (Å²) in [7, 11) is 1.21. The molecule has 0 spiro atoms. The molecule has 1 aromatic carbocycles. The van der Waals surface area contributed by atoms with E-state index in [0.29, 0.717) is 22.0 Å². The minimum Gasteiger partial charge on any atom is -0.464 e. The van der Waals surface area contributed by atoms with Gasteiger partial charge in [0.25, 0.3) is 0 Å². The molecule has 0 unspecified atom stereocenters. The number of nitrogen functional groups attached to an aromatic ring is 1. The van der Waals surface area contributed by atoms with E-state index in [2.05, 4.69) is 0 Å². The van der Waals surface area contributed by atoms with E-state index in [1.54, 1.807) is 25.1 Å². The number of hydrogen-bond acceptors (Lipinski definition) is 5. The Bertz CT molecular complexity index is 787. The smallest absolute Gasteiger partial charge is 0.418 e. The maximum atomic E-state index is 12.0. The number of carbonyl (C=O) groups is 2. The summed E-state index contributed by atoms with van der Waals surface area (Å²) >= 11 is 11.9. The summed E-state index contributed by atoms with van der Waals surface area (Å²) in [5, 5.41) is 0.846. The molecule has 0 atom stereocenters. The van der Waals surface area contributed by atoms with Crippen molar-refractivity contribution in [1.82, 2.24) is 4.57 Å². The van der Waals surface area contributed by atoms with Crippen LogP contribution >= 0.6 is 23.2 Å². The number of methoxy groups -OCH3 is 1. The summed E-state index contributed by atoms with van der Waals surface area (Å²) in [6.07, 6.45) is 1.12. The predicted octanol–water partition coefficient (Wildman–Crippen LogP) is 3.76. The molecule has 0 amide bonds. The number of rotatable bonds is 4. The number of ether oxygens (including phenoxy) is 2. The lowest BCUT2D eigenvalue weighted by atomic mass is 10.1. The quantitative estimate of drug-likeness (QED) is 0.828. The third kappa shape index (κ3) is 3.66. The van der Waals surface area contributed by atoms with Crippen molar-refractivity contribution in [2.75, 3.05) is 19.5 Å². The fraction of sp³-hybridized carbons (Fsp3) is 0.250. The molecule has 6 nitrogen and oxygen atoms in total. The molecule has 0 saturated heterocycles. The summed E-state index contributed by atoms with van der Waals surface area (Å²) in [6.45, 7) is 1.83. The SMILES string of the molecule is CCOC(=O)n1cc(Cc2ccc(Cl)c(Cl)c2)c(N)c1C(=O)OC. The van der Waals surface area contributed by atoms with Crippen molar-refractivity contribution in [3.8, 4) is 0 Å². The first-order valence-corrected chi connectivity index (χ1v) is 7.83.